The van der Waals surface area contributed by atoms with E-state index in [4.69, 9.17) is 0 Å². The fourth-order valence-corrected chi connectivity index (χ4v) is 8.48. The molecule has 0 aliphatic rings. The summed E-state index contributed by atoms with van der Waals surface area (Å²) >= 11 is 0. The van der Waals surface area contributed by atoms with Gasteiger partial charge in [-0.3, -0.25) is 0 Å². The Morgan fingerprint density at radius 1 is 0.882 bits per heavy atom. The summed E-state index contributed by atoms with van der Waals surface area (Å²) in [6.45, 7) is 24.9. The highest BCUT2D eigenvalue weighted by Gasteiger charge is 2.50. The predicted octanol–water partition coefficient (Wildman–Crippen LogP) is 3.64. The highest BCUT2D eigenvalue weighted by molar-refractivity contribution is 6.82. The van der Waals surface area contributed by atoms with Crippen LogP contribution in [0.3, 0.4) is 0 Å². The largest absolute Gasteiger partial charge is 0.309 e. The minimum absolute atomic E-state index is 0.285. The van der Waals surface area contributed by atoms with Crippen molar-refractivity contribution in [1.82, 2.24) is 9.13 Å². The van der Waals surface area contributed by atoms with Crippen LogP contribution in [0.1, 0.15) is 48.5 Å². The maximum Gasteiger partial charge on any atom is 0.237 e. The molecule has 0 N–H and O–H groups in total. The van der Waals surface area contributed by atoms with Gasteiger partial charge in [-0.2, -0.15) is 0 Å². The molecule has 0 aromatic rings. The summed E-state index contributed by atoms with van der Waals surface area (Å²) < 4.78 is 5.32. The molecule has 0 radical (unpaired) electrons. The highest BCUT2D eigenvalue weighted by atomic mass is 28.3. The molecule has 0 aromatic heterocycles. The van der Waals surface area contributed by atoms with E-state index in [9.17, 15) is 0 Å². The van der Waals surface area contributed by atoms with E-state index < -0.39 is 8.40 Å². The Kier molecular flexibility index (Phi) is 6.67. The molecule has 0 aliphatic carbocycles. The topological polar surface area (TPSA) is 6.48 Å². The lowest BCUT2D eigenvalue weighted by Crippen LogP contribution is -2.69. The van der Waals surface area contributed by atoms with Crippen LogP contribution in [0.4, 0.5) is 0 Å². The predicted molar refractivity (Wildman–Crippen MR) is 81.5 cm³/mol. The molecule has 0 aliphatic heterocycles. The van der Waals surface area contributed by atoms with Gasteiger partial charge in [-0.15, -0.1) is 6.58 Å². The Bertz CT molecular complexity index is 213. The summed E-state index contributed by atoms with van der Waals surface area (Å²) in [5, 5.41) is 0.285. The summed E-state index contributed by atoms with van der Waals surface area (Å²) in [6, 6.07) is 0. The lowest BCUT2D eigenvalue weighted by Gasteiger charge is -2.53. The highest BCUT2D eigenvalue weighted by Crippen LogP contribution is 2.41. The SMILES string of the molecule is C=C[Si](N(CC)CC)(N(CC)CC)C(C)(C)C. The molecular weight excluding hydrogens is 224 g/mol. The molecule has 0 unspecified atom stereocenters. The average molecular weight is 257 g/mol. The first kappa shape index (κ1) is 16.9. The van der Waals surface area contributed by atoms with E-state index in [0.29, 0.717) is 0 Å². The van der Waals surface area contributed by atoms with Crippen LogP contribution in [0.25, 0.3) is 0 Å². The zero-order valence-corrected chi connectivity index (χ0v) is 14.0. The van der Waals surface area contributed by atoms with Gasteiger partial charge in [-0.1, -0.05) is 54.2 Å². The van der Waals surface area contributed by atoms with E-state index in [0.717, 1.165) is 26.2 Å². The van der Waals surface area contributed by atoms with E-state index >= 15 is 0 Å². The molecule has 0 spiro atoms. The van der Waals surface area contributed by atoms with Crippen molar-refractivity contribution >= 4 is 8.40 Å². The minimum atomic E-state index is -1.80. The molecular formula is C14H32N2Si. The van der Waals surface area contributed by atoms with Gasteiger partial charge >= 0.3 is 0 Å². The first-order valence-electron chi connectivity index (χ1n) is 6.99. The van der Waals surface area contributed by atoms with Gasteiger partial charge in [0.15, 0.2) is 0 Å². The van der Waals surface area contributed by atoms with Gasteiger partial charge in [0.2, 0.25) is 8.40 Å². The quantitative estimate of drug-likeness (QED) is 0.642. The zero-order chi connectivity index (χ0) is 13.7. The van der Waals surface area contributed by atoms with E-state index in [1.54, 1.807) is 0 Å². The Morgan fingerprint density at radius 3 is 1.29 bits per heavy atom. The third-order valence-electron chi connectivity index (χ3n) is 3.88. The Hall–Kier alpha value is -0.123. The van der Waals surface area contributed by atoms with Gasteiger partial charge in [0.25, 0.3) is 0 Å². The monoisotopic (exact) mass is 256 g/mol. The van der Waals surface area contributed by atoms with Crippen molar-refractivity contribution < 1.29 is 0 Å². The summed E-state index contributed by atoms with van der Waals surface area (Å²) in [5.74, 6) is 0. The van der Waals surface area contributed by atoms with Gasteiger partial charge in [0.1, 0.15) is 0 Å². The van der Waals surface area contributed by atoms with Crippen LogP contribution in [0.5, 0.6) is 0 Å². The van der Waals surface area contributed by atoms with Crippen LogP contribution in [-0.2, 0) is 0 Å². The number of hydrogen-bond acceptors (Lipinski definition) is 2. The Balaban J connectivity index is 5.67. The molecule has 0 saturated carbocycles. The number of rotatable bonds is 7. The van der Waals surface area contributed by atoms with Gasteiger partial charge in [-0.25, -0.2) is 0 Å². The van der Waals surface area contributed by atoms with E-state index in [-0.39, 0.29) is 5.04 Å². The van der Waals surface area contributed by atoms with Crippen LogP contribution in [0.15, 0.2) is 12.3 Å². The Morgan fingerprint density at radius 2 is 1.18 bits per heavy atom. The molecule has 0 heterocycles. The van der Waals surface area contributed by atoms with Crippen LogP contribution < -0.4 is 0 Å². The van der Waals surface area contributed by atoms with Crippen molar-refractivity contribution in [3.63, 3.8) is 0 Å². The van der Waals surface area contributed by atoms with Gasteiger partial charge < -0.3 is 9.13 Å². The minimum Gasteiger partial charge on any atom is -0.309 e. The van der Waals surface area contributed by atoms with E-state index in [1.165, 1.54) is 0 Å². The Labute approximate surface area is 110 Å². The molecule has 0 rings (SSSR count). The van der Waals surface area contributed by atoms with E-state index in [2.05, 4.69) is 69.9 Å². The molecule has 0 aromatic carbocycles. The maximum absolute atomic E-state index is 4.21. The first-order chi connectivity index (χ1) is 7.85. The molecule has 0 amide bonds. The number of nitrogens with zero attached hydrogens (tertiary/aromatic N) is 2. The zero-order valence-electron chi connectivity index (χ0n) is 13.0. The summed E-state index contributed by atoms with van der Waals surface area (Å²) in [6.07, 6.45) is 0. The molecule has 17 heavy (non-hydrogen) atoms. The second-order valence-corrected chi connectivity index (χ2v) is 10.2. The van der Waals surface area contributed by atoms with Crippen molar-refractivity contribution in [1.29, 1.82) is 0 Å². The lowest BCUT2D eigenvalue weighted by atomic mass is 10.2. The smallest absolute Gasteiger partial charge is 0.237 e. The molecule has 3 heteroatoms. The summed E-state index contributed by atoms with van der Waals surface area (Å²) in [7, 11) is -1.80. The van der Waals surface area contributed by atoms with Crippen molar-refractivity contribution in [2.75, 3.05) is 26.2 Å². The summed E-state index contributed by atoms with van der Waals surface area (Å²) in [4.78, 5) is 0. The third kappa shape index (κ3) is 3.01. The standard InChI is InChI=1S/C14H32N2Si/c1-9-15(10-2)17(13-5,14(6,7)8)16(11-3)12-4/h13H,5,9-12H2,1-4,6-8H3. The second kappa shape index (κ2) is 6.71. The average Bonchev–Trinajstić information content (AvgIpc) is 2.27. The molecule has 0 bridgehead atoms. The fourth-order valence-electron chi connectivity index (χ4n) is 3.12. The number of hydrogen-bond donors (Lipinski definition) is 0. The van der Waals surface area contributed by atoms with Crippen molar-refractivity contribution in [3.05, 3.63) is 12.3 Å². The molecule has 2 nitrogen and oxygen atoms in total. The van der Waals surface area contributed by atoms with Gasteiger partial charge in [-0.05, 0) is 31.2 Å². The molecule has 0 atom stereocenters. The van der Waals surface area contributed by atoms with Crippen LogP contribution in [0.2, 0.25) is 5.04 Å². The van der Waals surface area contributed by atoms with Crippen molar-refractivity contribution in [3.8, 4) is 0 Å². The lowest BCUT2D eigenvalue weighted by molar-refractivity contribution is 0.331. The van der Waals surface area contributed by atoms with Crippen LogP contribution in [-0.4, -0.2) is 43.7 Å². The van der Waals surface area contributed by atoms with Crippen LogP contribution >= 0.6 is 0 Å². The normalized spacial score (nSPS) is 13.5. The van der Waals surface area contributed by atoms with E-state index in [1.807, 2.05) is 0 Å². The van der Waals surface area contributed by atoms with Gasteiger partial charge in [0, 0.05) is 0 Å². The molecule has 102 valence electrons. The van der Waals surface area contributed by atoms with Crippen LogP contribution in [0, 0.1) is 0 Å². The fraction of sp³-hybridized carbons (Fsp3) is 0.857. The van der Waals surface area contributed by atoms with Crippen molar-refractivity contribution in [2.24, 2.45) is 0 Å². The molecule has 0 saturated heterocycles. The maximum atomic E-state index is 4.21. The summed E-state index contributed by atoms with van der Waals surface area (Å²) in [5.41, 5.74) is 2.28. The third-order valence-corrected chi connectivity index (χ3v) is 9.85. The van der Waals surface area contributed by atoms with Crippen molar-refractivity contribution in [2.45, 2.75) is 53.5 Å². The van der Waals surface area contributed by atoms with Gasteiger partial charge in [0.05, 0.1) is 0 Å². The second-order valence-electron chi connectivity index (χ2n) is 5.52. The molecule has 0 fully saturated rings. The first-order valence-corrected chi connectivity index (χ1v) is 8.96.